The van der Waals surface area contributed by atoms with Gasteiger partial charge in [-0.05, 0) is 56.2 Å². The zero-order valence-electron chi connectivity index (χ0n) is 16.4. The molecule has 3 rings (SSSR count). The second-order valence-electron chi connectivity index (χ2n) is 6.80. The lowest BCUT2D eigenvalue weighted by Gasteiger charge is -2.16. The zero-order chi connectivity index (χ0) is 20.7. The van der Waals surface area contributed by atoms with E-state index in [1.807, 2.05) is 37.3 Å². The SMILES string of the molecule is CC(Sc1ccccc1)C(=O)NCCOc1ccc(S(=O)(=O)N2CCCC2)cc1. The summed E-state index contributed by atoms with van der Waals surface area (Å²) in [6.07, 6.45) is 1.82. The zero-order valence-corrected chi connectivity index (χ0v) is 18.0. The van der Waals surface area contributed by atoms with E-state index in [9.17, 15) is 13.2 Å². The van der Waals surface area contributed by atoms with Crippen LogP contribution in [0.15, 0.2) is 64.4 Å². The van der Waals surface area contributed by atoms with Crippen LogP contribution in [-0.4, -0.2) is 50.1 Å². The molecular weight excluding hydrogens is 408 g/mol. The molecule has 1 atom stereocenters. The summed E-state index contributed by atoms with van der Waals surface area (Å²) in [6.45, 7) is 3.73. The van der Waals surface area contributed by atoms with Crippen LogP contribution in [0.5, 0.6) is 5.75 Å². The molecule has 8 heteroatoms. The maximum Gasteiger partial charge on any atom is 0.243 e. The van der Waals surface area contributed by atoms with Crippen molar-refractivity contribution in [1.29, 1.82) is 0 Å². The van der Waals surface area contributed by atoms with Crippen LogP contribution in [0.1, 0.15) is 19.8 Å². The highest BCUT2D eigenvalue weighted by Crippen LogP contribution is 2.23. The van der Waals surface area contributed by atoms with Gasteiger partial charge in [-0.1, -0.05) is 18.2 Å². The van der Waals surface area contributed by atoms with Gasteiger partial charge in [-0.25, -0.2) is 8.42 Å². The third-order valence-electron chi connectivity index (χ3n) is 4.62. The fraction of sp³-hybridized carbons (Fsp3) is 0.381. The van der Waals surface area contributed by atoms with Gasteiger partial charge >= 0.3 is 0 Å². The van der Waals surface area contributed by atoms with Gasteiger partial charge in [-0.3, -0.25) is 4.79 Å². The van der Waals surface area contributed by atoms with Crippen molar-refractivity contribution in [1.82, 2.24) is 9.62 Å². The van der Waals surface area contributed by atoms with E-state index in [4.69, 9.17) is 4.74 Å². The molecule has 0 aliphatic carbocycles. The third kappa shape index (κ3) is 5.98. The molecule has 0 saturated carbocycles. The summed E-state index contributed by atoms with van der Waals surface area (Å²) in [5.74, 6) is 0.529. The van der Waals surface area contributed by atoms with E-state index in [1.54, 1.807) is 24.3 Å². The smallest absolute Gasteiger partial charge is 0.243 e. The van der Waals surface area contributed by atoms with Crippen LogP contribution in [0.3, 0.4) is 0 Å². The summed E-state index contributed by atoms with van der Waals surface area (Å²) < 4.78 is 32.2. The van der Waals surface area contributed by atoms with Gasteiger partial charge in [-0.2, -0.15) is 4.31 Å². The maximum atomic E-state index is 12.5. The fourth-order valence-corrected chi connectivity index (χ4v) is 5.46. The molecule has 0 spiro atoms. The number of hydrogen-bond donors (Lipinski definition) is 1. The molecule has 1 amide bonds. The molecule has 1 aliphatic heterocycles. The monoisotopic (exact) mass is 434 g/mol. The molecule has 1 unspecified atom stereocenters. The molecule has 1 heterocycles. The Morgan fingerprint density at radius 3 is 2.41 bits per heavy atom. The first-order valence-corrected chi connectivity index (χ1v) is 12.0. The quantitative estimate of drug-likeness (QED) is 0.485. The van der Waals surface area contributed by atoms with Gasteiger partial charge in [0.2, 0.25) is 15.9 Å². The highest BCUT2D eigenvalue weighted by molar-refractivity contribution is 8.00. The van der Waals surface area contributed by atoms with Crippen molar-refractivity contribution in [2.24, 2.45) is 0 Å². The number of sulfonamides is 1. The van der Waals surface area contributed by atoms with Crippen molar-refractivity contribution in [2.45, 2.75) is 34.8 Å². The molecule has 156 valence electrons. The first-order valence-electron chi connectivity index (χ1n) is 9.69. The molecule has 2 aromatic rings. The second kappa shape index (κ2) is 10.1. The Balaban J connectivity index is 1.42. The van der Waals surface area contributed by atoms with Crippen molar-refractivity contribution >= 4 is 27.7 Å². The molecule has 1 saturated heterocycles. The van der Waals surface area contributed by atoms with Gasteiger partial charge in [0.05, 0.1) is 16.7 Å². The van der Waals surface area contributed by atoms with E-state index in [-0.39, 0.29) is 16.1 Å². The van der Waals surface area contributed by atoms with Crippen molar-refractivity contribution < 1.29 is 17.9 Å². The minimum Gasteiger partial charge on any atom is -0.492 e. The van der Waals surface area contributed by atoms with Crippen LogP contribution in [0.4, 0.5) is 0 Å². The minimum absolute atomic E-state index is 0.0468. The number of amides is 1. The van der Waals surface area contributed by atoms with E-state index in [0.29, 0.717) is 32.0 Å². The summed E-state index contributed by atoms with van der Waals surface area (Å²) in [7, 11) is -3.41. The number of carbonyl (C=O) groups excluding carboxylic acids is 1. The maximum absolute atomic E-state index is 12.5. The number of ether oxygens (including phenoxy) is 1. The minimum atomic E-state index is -3.41. The Morgan fingerprint density at radius 1 is 1.10 bits per heavy atom. The predicted octanol–water partition coefficient (Wildman–Crippen LogP) is 3.15. The standard InChI is InChI=1S/C21H26N2O4S2/c1-17(28-19-7-3-2-4-8-19)21(24)22-13-16-27-18-9-11-20(12-10-18)29(25,26)23-14-5-6-15-23/h2-4,7-12,17H,5-6,13-16H2,1H3,(H,22,24). The van der Waals surface area contributed by atoms with Crippen LogP contribution in [0.25, 0.3) is 0 Å². The molecule has 0 bridgehead atoms. The van der Waals surface area contributed by atoms with E-state index in [1.165, 1.54) is 16.1 Å². The van der Waals surface area contributed by atoms with Crippen LogP contribution in [-0.2, 0) is 14.8 Å². The first-order chi connectivity index (χ1) is 14.0. The Kier molecular flexibility index (Phi) is 7.57. The van der Waals surface area contributed by atoms with Gasteiger partial charge in [0.15, 0.2) is 0 Å². The summed E-state index contributed by atoms with van der Waals surface area (Å²) >= 11 is 1.51. The highest BCUT2D eigenvalue weighted by atomic mass is 32.2. The highest BCUT2D eigenvalue weighted by Gasteiger charge is 2.26. The topological polar surface area (TPSA) is 75.7 Å². The van der Waals surface area contributed by atoms with E-state index in [0.717, 1.165) is 17.7 Å². The van der Waals surface area contributed by atoms with E-state index >= 15 is 0 Å². The third-order valence-corrected chi connectivity index (χ3v) is 7.65. The second-order valence-corrected chi connectivity index (χ2v) is 10.1. The lowest BCUT2D eigenvalue weighted by Crippen LogP contribution is -2.33. The van der Waals surface area contributed by atoms with Crippen LogP contribution < -0.4 is 10.1 Å². The largest absolute Gasteiger partial charge is 0.492 e. The number of rotatable bonds is 9. The predicted molar refractivity (Wildman–Crippen MR) is 115 cm³/mol. The average Bonchev–Trinajstić information content (AvgIpc) is 3.28. The number of thioether (sulfide) groups is 1. The van der Waals surface area contributed by atoms with Gasteiger partial charge in [0.1, 0.15) is 12.4 Å². The lowest BCUT2D eigenvalue weighted by molar-refractivity contribution is -0.120. The number of hydrogen-bond acceptors (Lipinski definition) is 5. The molecule has 6 nitrogen and oxygen atoms in total. The Morgan fingerprint density at radius 2 is 1.76 bits per heavy atom. The van der Waals surface area contributed by atoms with E-state index < -0.39 is 10.0 Å². The van der Waals surface area contributed by atoms with Gasteiger partial charge < -0.3 is 10.1 Å². The summed E-state index contributed by atoms with van der Waals surface area (Å²) in [4.78, 5) is 13.5. The van der Waals surface area contributed by atoms with Gasteiger partial charge in [0, 0.05) is 18.0 Å². The Hall–Kier alpha value is -2.03. The van der Waals surface area contributed by atoms with Crippen LogP contribution >= 0.6 is 11.8 Å². The van der Waals surface area contributed by atoms with Crippen molar-refractivity contribution in [2.75, 3.05) is 26.2 Å². The molecule has 1 fully saturated rings. The van der Waals surface area contributed by atoms with Gasteiger partial charge in [0.25, 0.3) is 0 Å². The molecule has 1 N–H and O–H groups in total. The fourth-order valence-electron chi connectivity index (χ4n) is 3.03. The average molecular weight is 435 g/mol. The molecule has 0 aromatic heterocycles. The van der Waals surface area contributed by atoms with E-state index in [2.05, 4.69) is 5.32 Å². The lowest BCUT2D eigenvalue weighted by atomic mass is 10.3. The molecule has 1 aliphatic rings. The molecule has 0 radical (unpaired) electrons. The number of benzene rings is 2. The Labute approximate surface area is 176 Å². The first kappa shape index (κ1) is 21.7. The van der Waals surface area contributed by atoms with Crippen LogP contribution in [0.2, 0.25) is 0 Å². The summed E-state index contributed by atoms with van der Waals surface area (Å²) in [6, 6.07) is 16.2. The Bertz CT molecular complexity index is 896. The molecule has 29 heavy (non-hydrogen) atoms. The number of carbonyl (C=O) groups is 1. The summed E-state index contributed by atoms with van der Waals surface area (Å²) in [5, 5.41) is 2.66. The van der Waals surface area contributed by atoms with Gasteiger partial charge in [-0.15, -0.1) is 11.8 Å². The van der Waals surface area contributed by atoms with Crippen molar-refractivity contribution in [3.63, 3.8) is 0 Å². The molecule has 2 aromatic carbocycles. The summed E-state index contributed by atoms with van der Waals surface area (Å²) in [5.41, 5.74) is 0. The normalized spacial score (nSPS) is 15.8. The van der Waals surface area contributed by atoms with Crippen molar-refractivity contribution in [3.05, 3.63) is 54.6 Å². The number of nitrogens with one attached hydrogen (secondary N) is 1. The molecular formula is C21H26N2O4S2. The van der Waals surface area contributed by atoms with Crippen molar-refractivity contribution in [3.8, 4) is 5.75 Å². The number of nitrogens with zero attached hydrogens (tertiary/aromatic N) is 1. The van der Waals surface area contributed by atoms with Crippen LogP contribution in [0, 0.1) is 0 Å².